The van der Waals surface area contributed by atoms with Gasteiger partial charge in [-0.2, -0.15) is 0 Å². The van der Waals surface area contributed by atoms with Gasteiger partial charge in [0.1, 0.15) is 5.82 Å². The molecule has 1 aromatic carbocycles. The number of hydrogen-bond donors (Lipinski definition) is 1. The Labute approximate surface area is 144 Å². The molecule has 0 radical (unpaired) electrons. The van der Waals surface area contributed by atoms with E-state index in [-0.39, 0.29) is 5.56 Å². The van der Waals surface area contributed by atoms with Crippen LogP contribution in [0, 0.1) is 6.92 Å². The number of anilines is 1. The number of para-hydroxylation sites is 1. The molecule has 0 aliphatic carbocycles. The second-order valence-electron chi connectivity index (χ2n) is 6.59. The number of aryl methyl sites for hydroxylation is 1. The molecule has 6 heteroatoms. The number of aromatic amines is 1. The molecule has 1 aliphatic heterocycles. The molecule has 24 heavy (non-hydrogen) atoms. The molecule has 3 heterocycles. The topological polar surface area (TPSA) is 61.9 Å². The van der Waals surface area contributed by atoms with Crippen molar-refractivity contribution in [2.75, 3.05) is 11.4 Å². The lowest BCUT2D eigenvalue weighted by atomic mass is 10.0. The maximum Gasteiger partial charge on any atom is 0.256 e. The summed E-state index contributed by atoms with van der Waals surface area (Å²) in [7, 11) is 0. The van der Waals surface area contributed by atoms with Crippen molar-refractivity contribution in [3.8, 4) is 0 Å². The number of hydrogen-bond acceptors (Lipinski definition) is 5. The van der Waals surface area contributed by atoms with Crippen molar-refractivity contribution >= 4 is 26.7 Å². The van der Waals surface area contributed by atoms with E-state index < -0.39 is 0 Å². The summed E-state index contributed by atoms with van der Waals surface area (Å²) in [6.07, 6.45) is 0.785. The molecule has 0 atom stereocenters. The first-order chi connectivity index (χ1) is 11.5. The van der Waals surface area contributed by atoms with Crippen LogP contribution in [0.2, 0.25) is 0 Å². The van der Waals surface area contributed by atoms with Crippen LogP contribution < -0.4 is 10.5 Å². The van der Waals surface area contributed by atoms with E-state index in [0.29, 0.717) is 18.3 Å². The first-order valence-electron chi connectivity index (χ1n) is 8.26. The van der Waals surface area contributed by atoms with Gasteiger partial charge in [-0.25, -0.2) is 9.97 Å². The van der Waals surface area contributed by atoms with Gasteiger partial charge >= 0.3 is 0 Å². The average molecular weight is 340 g/mol. The highest BCUT2D eigenvalue weighted by atomic mass is 32.1. The van der Waals surface area contributed by atoms with Crippen molar-refractivity contribution in [2.24, 2.45) is 0 Å². The monoisotopic (exact) mass is 340 g/mol. The third-order valence-corrected chi connectivity index (χ3v) is 5.60. The fraction of sp³-hybridized carbons (Fsp3) is 0.389. The smallest absolute Gasteiger partial charge is 0.256 e. The number of nitrogens with one attached hydrogen (secondary N) is 1. The van der Waals surface area contributed by atoms with E-state index in [9.17, 15) is 4.79 Å². The molecule has 1 aliphatic rings. The van der Waals surface area contributed by atoms with Crippen LogP contribution in [0.1, 0.15) is 42.4 Å². The molecule has 0 spiro atoms. The Morgan fingerprint density at radius 1 is 1.29 bits per heavy atom. The zero-order valence-corrected chi connectivity index (χ0v) is 14.9. The van der Waals surface area contributed by atoms with Crippen LogP contribution >= 0.6 is 11.3 Å². The van der Waals surface area contributed by atoms with E-state index in [2.05, 4.69) is 46.9 Å². The van der Waals surface area contributed by atoms with Crippen molar-refractivity contribution in [3.63, 3.8) is 0 Å². The lowest BCUT2D eigenvalue weighted by molar-refractivity contribution is 0.690. The van der Waals surface area contributed by atoms with Crippen LogP contribution in [0.5, 0.6) is 0 Å². The van der Waals surface area contributed by atoms with Gasteiger partial charge in [-0.1, -0.05) is 37.3 Å². The Hall–Kier alpha value is -2.21. The lowest BCUT2D eigenvalue weighted by Crippen LogP contribution is -2.35. The third kappa shape index (κ3) is 2.51. The highest BCUT2D eigenvalue weighted by molar-refractivity contribution is 7.22. The molecule has 5 nitrogen and oxygen atoms in total. The van der Waals surface area contributed by atoms with Crippen LogP contribution in [-0.2, 0) is 13.0 Å². The van der Waals surface area contributed by atoms with Gasteiger partial charge in [-0.15, -0.1) is 0 Å². The molecule has 124 valence electrons. The largest absolute Gasteiger partial charge is 0.343 e. The number of rotatable bonds is 2. The number of fused-ring (bicyclic) bond motifs is 2. The van der Waals surface area contributed by atoms with E-state index >= 15 is 0 Å². The quantitative estimate of drug-likeness (QED) is 0.777. The molecule has 4 rings (SSSR count). The summed E-state index contributed by atoms with van der Waals surface area (Å²) in [5.74, 6) is 1.13. The summed E-state index contributed by atoms with van der Waals surface area (Å²) < 4.78 is 1.21. The third-order valence-electron chi connectivity index (χ3n) is 4.52. The van der Waals surface area contributed by atoms with Crippen molar-refractivity contribution in [2.45, 2.75) is 39.7 Å². The fourth-order valence-electron chi connectivity index (χ4n) is 3.27. The van der Waals surface area contributed by atoms with Crippen LogP contribution in [0.4, 0.5) is 5.13 Å². The molecule has 0 amide bonds. The molecule has 0 fully saturated rings. The second-order valence-corrected chi connectivity index (χ2v) is 7.60. The number of H-pyrrole nitrogens is 1. The number of nitrogens with zero attached hydrogens (tertiary/aromatic N) is 3. The highest BCUT2D eigenvalue weighted by Crippen LogP contribution is 2.34. The standard InChI is InChI=1S/C18H20N4OS/c1-10(2)12-5-4-6-15-16(12)21-18(24-15)22-8-7-14-13(9-22)17(23)20-11(3)19-14/h4-6,10H,7-9H2,1-3H3,(H,19,20,23). The molecule has 0 saturated carbocycles. The zero-order chi connectivity index (χ0) is 16.8. The molecular weight excluding hydrogens is 320 g/mol. The number of thiazole rings is 1. The summed E-state index contributed by atoms with van der Waals surface area (Å²) in [5, 5.41) is 0.990. The normalized spacial score (nSPS) is 14.4. The summed E-state index contributed by atoms with van der Waals surface area (Å²) in [4.78, 5) is 26.6. The molecule has 0 unspecified atom stereocenters. The van der Waals surface area contributed by atoms with E-state index in [1.807, 2.05) is 6.92 Å². The van der Waals surface area contributed by atoms with Crippen molar-refractivity contribution < 1.29 is 0 Å². The summed E-state index contributed by atoms with van der Waals surface area (Å²) in [6.45, 7) is 7.64. The van der Waals surface area contributed by atoms with Crippen LogP contribution in [0.25, 0.3) is 10.2 Å². The van der Waals surface area contributed by atoms with Crippen molar-refractivity contribution in [1.82, 2.24) is 15.0 Å². The van der Waals surface area contributed by atoms with Crippen LogP contribution in [0.15, 0.2) is 23.0 Å². The summed E-state index contributed by atoms with van der Waals surface area (Å²) in [6, 6.07) is 6.37. The first kappa shape index (κ1) is 15.3. The maximum atomic E-state index is 12.2. The SMILES string of the molecule is Cc1nc2c(c(=O)[nH]1)CN(c1nc3c(C(C)C)cccc3s1)CC2. The van der Waals surface area contributed by atoms with Gasteiger partial charge in [-0.3, -0.25) is 4.79 Å². The summed E-state index contributed by atoms with van der Waals surface area (Å²) >= 11 is 1.70. The Morgan fingerprint density at radius 2 is 2.12 bits per heavy atom. The predicted octanol–water partition coefficient (Wildman–Crippen LogP) is 3.37. The van der Waals surface area contributed by atoms with E-state index in [1.54, 1.807) is 11.3 Å². The van der Waals surface area contributed by atoms with E-state index in [1.165, 1.54) is 10.3 Å². The van der Waals surface area contributed by atoms with Gasteiger partial charge in [0, 0.05) is 13.0 Å². The van der Waals surface area contributed by atoms with Crippen LogP contribution in [0.3, 0.4) is 0 Å². The maximum absolute atomic E-state index is 12.2. The minimum absolute atomic E-state index is 0.0221. The highest BCUT2D eigenvalue weighted by Gasteiger charge is 2.23. The van der Waals surface area contributed by atoms with Gasteiger partial charge in [0.25, 0.3) is 5.56 Å². The summed E-state index contributed by atoms with van der Waals surface area (Å²) in [5.41, 5.74) is 4.05. The number of aromatic nitrogens is 3. The zero-order valence-electron chi connectivity index (χ0n) is 14.1. The second kappa shape index (κ2) is 5.70. The average Bonchev–Trinajstić information content (AvgIpc) is 2.98. The Kier molecular flexibility index (Phi) is 3.64. The molecule has 0 saturated heterocycles. The van der Waals surface area contributed by atoms with Crippen LogP contribution in [-0.4, -0.2) is 21.5 Å². The van der Waals surface area contributed by atoms with Gasteiger partial charge in [-0.05, 0) is 24.5 Å². The first-order valence-corrected chi connectivity index (χ1v) is 9.07. The van der Waals surface area contributed by atoms with Crippen molar-refractivity contribution in [3.05, 3.63) is 51.2 Å². The minimum Gasteiger partial charge on any atom is -0.343 e. The molecular formula is C18H20N4OS. The Balaban J connectivity index is 1.74. The van der Waals surface area contributed by atoms with Gasteiger partial charge in [0.05, 0.1) is 28.0 Å². The van der Waals surface area contributed by atoms with Gasteiger partial charge in [0.15, 0.2) is 5.13 Å². The number of benzene rings is 1. The molecule has 2 aromatic heterocycles. The van der Waals surface area contributed by atoms with E-state index in [4.69, 9.17) is 4.98 Å². The van der Waals surface area contributed by atoms with Gasteiger partial charge in [0.2, 0.25) is 0 Å². The van der Waals surface area contributed by atoms with Crippen molar-refractivity contribution in [1.29, 1.82) is 0 Å². The molecule has 3 aromatic rings. The molecule has 1 N–H and O–H groups in total. The fourth-order valence-corrected chi connectivity index (χ4v) is 4.30. The van der Waals surface area contributed by atoms with E-state index in [0.717, 1.165) is 34.9 Å². The molecule has 0 bridgehead atoms. The van der Waals surface area contributed by atoms with Gasteiger partial charge < -0.3 is 9.88 Å². The lowest BCUT2D eigenvalue weighted by Gasteiger charge is -2.27. The minimum atomic E-state index is -0.0221. The Morgan fingerprint density at radius 3 is 2.92 bits per heavy atom. The Bertz CT molecular complexity index is 973. The predicted molar refractivity (Wildman–Crippen MR) is 98.1 cm³/mol.